The lowest BCUT2D eigenvalue weighted by molar-refractivity contribution is -0.217. The zero-order valence-electron chi connectivity index (χ0n) is 15.0. The van der Waals surface area contributed by atoms with Crippen LogP contribution in [0.15, 0.2) is 59.6 Å². The molecule has 0 amide bonds. The fourth-order valence-corrected chi connectivity index (χ4v) is 3.62. The Balaban J connectivity index is 1.84. The normalized spacial score (nSPS) is 19.0. The number of thiol groups is 1. The van der Waals surface area contributed by atoms with E-state index in [2.05, 4.69) is 22.9 Å². The molecule has 28 heavy (non-hydrogen) atoms. The van der Waals surface area contributed by atoms with Crippen LogP contribution in [0, 0.1) is 0 Å². The highest BCUT2D eigenvalue weighted by Crippen LogP contribution is 2.36. The zero-order valence-corrected chi connectivity index (χ0v) is 15.9. The van der Waals surface area contributed by atoms with Crippen molar-refractivity contribution in [3.8, 4) is 11.3 Å². The van der Waals surface area contributed by atoms with E-state index < -0.39 is 17.8 Å². The van der Waals surface area contributed by atoms with Crippen molar-refractivity contribution < 1.29 is 19.1 Å². The molecule has 0 unspecified atom stereocenters. The van der Waals surface area contributed by atoms with Crippen LogP contribution in [-0.4, -0.2) is 42.5 Å². The van der Waals surface area contributed by atoms with Gasteiger partial charge in [-0.2, -0.15) is 0 Å². The lowest BCUT2D eigenvalue weighted by Gasteiger charge is -2.40. The quantitative estimate of drug-likeness (QED) is 0.594. The van der Waals surface area contributed by atoms with Gasteiger partial charge in [-0.3, -0.25) is 9.88 Å². The van der Waals surface area contributed by atoms with Gasteiger partial charge in [0.1, 0.15) is 0 Å². The van der Waals surface area contributed by atoms with Crippen molar-refractivity contribution in [1.82, 2.24) is 10.3 Å². The maximum absolute atomic E-state index is 12.2. The number of carbonyl (C=O) groups excluding carboxylic acids is 2. The summed E-state index contributed by atoms with van der Waals surface area (Å²) in [6.45, 7) is 1.35. The molecule has 144 valence electrons. The van der Waals surface area contributed by atoms with Crippen LogP contribution in [0.4, 0.5) is 5.69 Å². The minimum Gasteiger partial charge on any atom is -0.399 e. The number of nitrogens with one attached hydrogen (secondary N) is 1. The molecule has 1 N–H and O–H groups in total. The molecule has 0 saturated carbocycles. The minimum absolute atomic E-state index is 0.146. The Labute approximate surface area is 167 Å². The third-order valence-electron chi connectivity index (χ3n) is 4.57. The van der Waals surface area contributed by atoms with Crippen LogP contribution in [0.25, 0.3) is 11.3 Å². The molecular weight excluding hydrogens is 378 g/mol. The first kappa shape index (κ1) is 18.5. The Kier molecular flexibility index (Phi) is 5.06. The largest absolute Gasteiger partial charge is 0.399 e. The summed E-state index contributed by atoms with van der Waals surface area (Å²) in [6.07, 6.45) is 4.62. The van der Waals surface area contributed by atoms with Gasteiger partial charge in [-0.1, -0.05) is 12.1 Å². The maximum Gasteiger partial charge on any atom is 0.356 e. The first-order chi connectivity index (χ1) is 13.6. The van der Waals surface area contributed by atoms with Crippen molar-refractivity contribution in [2.75, 3.05) is 24.5 Å². The summed E-state index contributed by atoms with van der Waals surface area (Å²) >= 11 is 4.42. The van der Waals surface area contributed by atoms with E-state index in [0.29, 0.717) is 24.5 Å². The van der Waals surface area contributed by atoms with E-state index in [4.69, 9.17) is 9.47 Å². The molecule has 7 nitrogen and oxygen atoms in total. The fourth-order valence-electron chi connectivity index (χ4n) is 3.39. The number of anilines is 1. The molecule has 0 bridgehead atoms. The lowest BCUT2D eigenvalue weighted by Crippen LogP contribution is -2.59. The molecule has 8 heteroatoms. The van der Waals surface area contributed by atoms with E-state index in [1.807, 2.05) is 30.3 Å². The first-order valence-electron chi connectivity index (χ1n) is 8.94. The average molecular weight is 397 g/mol. The van der Waals surface area contributed by atoms with Crippen molar-refractivity contribution in [3.05, 3.63) is 54.7 Å². The Hall–Kier alpha value is -2.84. The highest BCUT2D eigenvalue weighted by molar-refractivity contribution is 7.80. The summed E-state index contributed by atoms with van der Waals surface area (Å²) in [4.78, 5) is 31.5. The number of carbonyl (C=O) groups is 2. The zero-order chi connectivity index (χ0) is 19.6. The second-order valence-corrected chi connectivity index (χ2v) is 7.01. The number of esters is 2. The second kappa shape index (κ2) is 7.65. The Morgan fingerprint density at radius 2 is 1.89 bits per heavy atom. The van der Waals surface area contributed by atoms with Crippen molar-refractivity contribution in [3.63, 3.8) is 0 Å². The molecule has 1 aromatic carbocycles. The van der Waals surface area contributed by atoms with Crippen molar-refractivity contribution in [2.24, 2.45) is 0 Å². The summed E-state index contributed by atoms with van der Waals surface area (Å²) in [5.74, 6) is -2.87. The first-order valence-corrected chi connectivity index (χ1v) is 9.39. The van der Waals surface area contributed by atoms with E-state index in [1.165, 1.54) is 0 Å². The molecule has 0 aliphatic carbocycles. The minimum atomic E-state index is -1.59. The topological polar surface area (TPSA) is 80.8 Å². The van der Waals surface area contributed by atoms with Gasteiger partial charge in [0.25, 0.3) is 0 Å². The molecule has 0 radical (unpaired) electrons. The number of pyridine rings is 1. The Morgan fingerprint density at radius 3 is 2.64 bits per heavy atom. The third-order valence-corrected chi connectivity index (χ3v) is 4.85. The average Bonchev–Trinajstić information content (AvgIpc) is 2.97. The number of nitrogens with zero attached hydrogens (tertiary/aromatic N) is 2. The number of hydrogen-bond donors (Lipinski definition) is 2. The van der Waals surface area contributed by atoms with Crippen LogP contribution in [0.5, 0.6) is 0 Å². The maximum atomic E-state index is 12.2. The number of ether oxygens (including phenoxy) is 2. The Bertz CT molecular complexity index is 927. The summed E-state index contributed by atoms with van der Waals surface area (Å²) < 4.78 is 11.2. The van der Waals surface area contributed by atoms with Gasteiger partial charge in [-0.05, 0) is 37.2 Å². The molecule has 3 heterocycles. The fraction of sp³-hybridized carbons (Fsp3) is 0.250. The van der Waals surface area contributed by atoms with E-state index in [-0.39, 0.29) is 6.54 Å². The summed E-state index contributed by atoms with van der Waals surface area (Å²) in [5.41, 5.74) is 2.25. The predicted octanol–water partition coefficient (Wildman–Crippen LogP) is 2.15. The van der Waals surface area contributed by atoms with Crippen LogP contribution in [-0.2, 0) is 19.1 Å². The molecule has 0 atom stereocenters. The second-order valence-electron chi connectivity index (χ2n) is 6.49. The number of rotatable bonds is 2. The van der Waals surface area contributed by atoms with Crippen LogP contribution in [0.1, 0.15) is 6.42 Å². The Morgan fingerprint density at radius 1 is 1.11 bits per heavy atom. The number of benzene rings is 1. The van der Waals surface area contributed by atoms with E-state index >= 15 is 0 Å². The monoisotopic (exact) mass is 397 g/mol. The molecular formula is C20H19N3O4S. The molecule has 1 aromatic heterocycles. The smallest absolute Gasteiger partial charge is 0.356 e. The molecule has 4 rings (SSSR count). The van der Waals surface area contributed by atoms with Crippen LogP contribution in [0.3, 0.4) is 0 Å². The molecule has 1 saturated heterocycles. The lowest BCUT2D eigenvalue weighted by atomic mass is 10.1. The van der Waals surface area contributed by atoms with Crippen molar-refractivity contribution >= 4 is 30.3 Å². The highest BCUT2D eigenvalue weighted by atomic mass is 32.1. The molecule has 2 aliphatic heterocycles. The standard InChI is InChI=1S/C20H19N3O4S/c24-17-7-8-18(25)27-20(26-17)13-21-9-3-11-23(20)16-6-2-10-22-19(16)14-4-1-5-15(28)12-14/h1-2,4-8,10,12,21,28H,3,9,11,13H2. The van der Waals surface area contributed by atoms with Crippen LogP contribution in [0.2, 0.25) is 0 Å². The van der Waals surface area contributed by atoms with E-state index in [0.717, 1.165) is 29.0 Å². The summed E-state index contributed by atoms with van der Waals surface area (Å²) in [6, 6.07) is 11.3. The molecule has 2 aliphatic rings. The number of hydrogen-bond acceptors (Lipinski definition) is 8. The van der Waals surface area contributed by atoms with Crippen LogP contribution < -0.4 is 10.2 Å². The third kappa shape index (κ3) is 3.61. The highest BCUT2D eigenvalue weighted by Gasteiger charge is 2.47. The van der Waals surface area contributed by atoms with Gasteiger partial charge in [0.05, 0.1) is 17.9 Å². The number of aromatic nitrogens is 1. The summed E-state index contributed by atoms with van der Waals surface area (Å²) in [5, 5.41) is 3.19. The van der Waals surface area contributed by atoms with Gasteiger partial charge in [0.15, 0.2) is 0 Å². The molecule has 1 spiro atoms. The molecule has 2 aromatic rings. The van der Waals surface area contributed by atoms with Gasteiger partial charge >= 0.3 is 17.8 Å². The van der Waals surface area contributed by atoms with Gasteiger partial charge < -0.3 is 14.8 Å². The van der Waals surface area contributed by atoms with Crippen molar-refractivity contribution in [2.45, 2.75) is 17.2 Å². The van der Waals surface area contributed by atoms with Crippen molar-refractivity contribution in [1.29, 1.82) is 0 Å². The van der Waals surface area contributed by atoms with Crippen LogP contribution >= 0.6 is 12.6 Å². The van der Waals surface area contributed by atoms with E-state index in [1.54, 1.807) is 17.2 Å². The molecule has 1 fully saturated rings. The summed E-state index contributed by atoms with van der Waals surface area (Å²) in [7, 11) is 0. The van der Waals surface area contributed by atoms with Gasteiger partial charge in [0.2, 0.25) is 0 Å². The van der Waals surface area contributed by atoms with Gasteiger partial charge in [-0.25, -0.2) is 9.59 Å². The SMILES string of the molecule is O=C1C=CC(=O)OC2(CNCCCN2c2cccnc2-c2cccc(S)c2)O1. The van der Waals surface area contributed by atoms with E-state index in [9.17, 15) is 9.59 Å². The predicted molar refractivity (Wildman–Crippen MR) is 106 cm³/mol. The van der Waals surface area contributed by atoms with Gasteiger partial charge in [0, 0.05) is 35.4 Å². The van der Waals surface area contributed by atoms with Gasteiger partial charge in [-0.15, -0.1) is 12.6 Å².